The van der Waals surface area contributed by atoms with Crippen molar-refractivity contribution in [2.24, 2.45) is 5.73 Å². The largest absolute Gasteiger partial charge is 0.395 e. The number of aliphatic hydroxyl groups excluding tert-OH is 1. The summed E-state index contributed by atoms with van der Waals surface area (Å²) in [5.41, 5.74) is 5.68. The Morgan fingerprint density at radius 1 is 1.71 bits per heavy atom. The molecule has 3 N–H and O–H groups in total. The van der Waals surface area contributed by atoms with Crippen molar-refractivity contribution >= 4 is 5.91 Å². The first kappa shape index (κ1) is 13.1. The predicted octanol–water partition coefficient (Wildman–Crippen LogP) is 0.121. The van der Waals surface area contributed by atoms with Gasteiger partial charge in [0.15, 0.2) is 0 Å². The van der Waals surface area contributed by atoms with Gasteiger partial charge in [0.25, 0.3) is 0 Å². The Kier molecular flexibility index (Phi) is 7.06. The van der Waals surface area contributed by atoms with Crippen molar-refractivity contribution in [2.75, 3.05) is 19.7 Å². The van der Waals surface area contributed by atoms with Crippen LogP contribution in [0.5, 0.6) is 0 Å². The van der Waals surface area contributed by atoms with Gasteiger partial charge in [0, 0.05) is 13.1 Å². The van der Waals surface area contributed by atoms with E-state index < -0.39 is 6.04 Å². The molecule has 0 saturated carbocycles. The number of hydrogen-bond acceptors (Lipinski definition) is 3. The molecule has 0 spiro atoms. The monoisotopic (exact) mass is 200 g/mol. The Hall–Kier alpha value is -0.870. The van der Waals surface area contributed by atoms with Crippen LogP contribution in [0.3, 0.4) is 0 Å². The fourth-order valence-corrected chi connectivity index (χ4v) is 1.24. The Morgan fingerprint density at radius 2 is 2.36 bits per heavy atom. The molecule has 0 aromatic heterocycles. The molecule has 0 rings (SSSR count). The topological polar surface area (TPSA) is 66.6 Å². The van der Waals surface area contributed by atoms with Crippen molar-refractivity contribution in [2.45, 2.75) is 25.8 Å². The zero-order valence-electron chi connectivity index (χ0n) is 8.78. The number of carbonyl (C=O) groups is 1. The summed E-state index contributed by atoms with van der Waals surface area (Å²) in [4.78, 5) is 13.2. The highest BCUT2D eigenvalue weighted by Crippen LogP contribution is 2.00. The highest BCUT2D eigenvalue weighted by Gasteiger charge is 2.18. The first-order valence-electron chi connectivity index (χ1n) is 4.93. The van der Waals surface area contributed by atoms with E-state index in [1.54, 1.807) is 6.08 Å². The van der Waals surface area contributed by atoms with Crippen LogP contribution in [0.15, 0.2) is 12.7 Å². The zero-order chi connectivity index (χ0) is 11.0. The lowest BCUT2D eigenvalue weighted by molar-refractivity contribution is -0.132. The van der Waals surface area contributed by atoms with Gasteiger partial charge < -0.3 is 15.7 Å². The molecule has 0 saturated heterocycles. The molecule has 0 aliphatic rings. The Bertz CT molecular complexity index is 183. The summed E-state index contributed by atoms with van der Waals surface area (Å²) in [6.45, 7) is 6.26. The molecule has 1 amide bonds. The lowest BCUT2D eigenvalue weighted by atomic mass is 10.1. The number of carbonyl (C=O) groups excluding carboxylic acids is 1. The molecule has 4 heteroatoms. The Balaban J connectivity index is 4.18. The van der Waals surface area contributed by atoms with E-state index in [9.17, 15) is 4.79 Å². The SMILES string of the molecule is C=CCN(CCO)C(=O)C(N)CCC. The summed E-state index contributed by atoms with van der Waals surface area (Å²) in [5, 5.41) is 8.75. The Morgan fingerprint density at radius 3 is 2.79 bits per heavy atom. The summed E-state index contributed by atoms with van der Waals surface area (Å²) in [7, 11) is 0. The lowest BCUT2D eigenvalue weighted by Crippen LogP contribution is -2.44. The Labute approximate surface area is 85.4 Å². The van der Waals surface area contributed by atoms with Crippen LogP contribution in [0.2, 0.25) is 0 Å². The average molecular weight is 200 g/mol. The fourth-order valence-electron chi connectivity index (χ4n) is 1.24. The fraction of sp³-hybridized carbons (Fsp3) is 0.700. The van der Waals surface area contributed by atoms with Crippen molar-refractivity contribution in [1.82, 2.24) is 4.90 Å². The van der Waals surface area contributed by atoms with E-state index in [0.29, 0.717) is 19.5 Å². The van der Waals surface area contributed by atoms with Crippen LogP contribution in [0.1, 0.15) is 19.8 Å². The van der Waals surface area contributed by atoms with Gasteiger partial charge in [0.2, 0.25) is 5.91 Å². The van der Waals surface area contributed by atoms with Gasteiger partial charge in [0.1, 0.15) is 0 Å². The van der Waals surface area contributed by atoms with Crippen molar-refractivity contribution < 1.29 is 9.90 Å². The highest BCUT2D eigenvalue weighted by molar-refractivity contribution is 5.81. The van der Waals surface area contributed by atoms with Crippen molar-refractivity contribution in [3.63, 3.8) is 0 Å². The summed E-state index contributed by atoms with van der Waals surface area (Å²) in [6, 6.07) is -0.452. The minimum absolute atomic E-state index is 0.0432. The van der Waals surface area contributed by atoms with Crippen LogP contribution >= 0.6 is 0 Å². The molecule has 0 aliphatic carbocycles. The van der Waals surface area contributed by atoms with Gasteiger partial charge in [-0.15, -0.1) is 6.58 Å². The van der Waals surface area contributed by atoms with E-state index in [1.165, 1.54) is 4.90 Å². The average Bonchev–Trinajstić information content (AvgIpc) is 2.17. The number of amides is 1. The van der Waals surface area contributed by atoms with Gasteiger partial charge in [0.05, 0.1) is 12.6 Å². The first-order chi connectivity index (χ1) is 6.67. The predicted molar refractivity (Wildman–Crippen MR) is 56.7 cm³/mol. The van der Waals surface area contributed by atoms with Gasteiger partial charge in [-0.3, -0.25) is 4.79 Å². The van der Waals surface area contributed by atoms with Crippen LogP contribution < -0.4 is 5.73 Å². The van der Waals surface area contributed by atoms with Gasteiger partial charge in [-0.25, -0.2) is 0 Å². The van der Waals surface area contributed by atoms with Gasteiger partial charge in [-0.05, 0) is 6.42 Å². The summed E-state index contributed by atoms with van der Waals surface area (Å²) >= 11 is 0. The van der Waals surface area contributed by atoms with E-state index in [0.717, 1.165) is 6.42 Å². The van der Waals surface area contributed by atoms with Gasteiger partial charge in [-0.2, -0.15) is 0 Å². The number of hydrogen-bond donors (Lipinski definition) is 2. The number of nitrogens with two attached hydrogens (primary N) is 1. The van der Waals surface area contributed by atoms with Gasteiger partial charge in [-0.1, -0.05) is 19.4 Å². The number of nitrogens with zero attached hydrogens (tertiary/aromatic N) is 1. The highest BCUT2D eigenvalue weighted by atomic mass is 16.3. The zero-order valence-corrected chi connectivity index (χ0v) is 8.78. The second-order valence-corrected chi connectivity index (χ2v) is 3.19. The standard InChI is InChI=1S/C10H20N2O2/c1-3-5-9(11)10(14)12(6-4-2)7-8-13/h4,9,13H,2-3,5-8,11H2,1H3. The summed E-state index contributed by atoms with van der Waals surface area (Å²) in [5.74, 6) is -0.110. The van der Waals surface area contributed by atoms with E-state index in [4.69, 9.17) is 10.8 Å². The maximum atomic E-state index is 11.7. The number of rotatable bonds is 7. The molecule has 4 nitrogen and oxygen atoms in total. The maximum Gasteiger partial charge on any atom is 0.239 e. The minimum atomic E-state index is -0.452. The molecule has 0 aliphatic heterocycles. The number of aliphatic hydroxyl groups is 1. The first-order valence-corrected chi connectivity index (χ1v) is 4.93. The van der Waals surface area contributed by atoms with E-state index in [1.807, 2.05) is 6.92 Å². The third-order valence-electron chi connectivity index (χ3n) is 1.95. The summed E-state index contributed by atoms with van der Waals surface area (Å²) < 4.78 is 0. The smallest absolute Gasteiger partial charge is 0.239 e. The molecule has 14 heavy (non-hydrogen) atoms. The molecular formula is C10H20N2O2. The third kappa shape index (κ3) is 4.39. The molecule has 0 aromatic rings. The molecular weight excluding hydrogens is 180 g/mol. The van der Waals surface area contributed by atoms with Crippen LogP contribution in [0.25, 0.3) is 0 Å². The van der Waals surface area contributed by atoms with Crippen molar-refractivity contribution in [3.8, 4) is 0 Å². The summed E-state index contributed by atoms with van der Waals surface area (Å²) in [6.07, 6.45) is 3.19. The van der Waals surface area contributed by atoms with E-state index in [-0.39, 0.29) is 12.5 Å². The van der Waals surface area contributed by atoms with Crippen molar-refractivity contribution in [3.05, 3.63) is 12.7 Å². The molecule has 0 bridgehead atoms. The van der Waals surface area contributed by atoms with Crippen molar-refractivity contribution in [1.29, 1.82) is 0 Å². The lowest BCUT2D eigenvalue weighted by Gasteiger charge is -2.23. The maximum absolute atomic E-state index is 11.7. The molecule has 1 atom stereocenters. The van der Waals surface area contributed by atoms with Crippen LogP contribution in [-0.4, -0.2) is 41.7 Å². The third-order valence-corrected chi connectivity index (χ3v) is 1.95. The second-order valence-electron chi connectivity index (χ2n) is 3.19. The van der Waals surface area contributed by atoms with Gasteiger partial charge >= 0.3 is 0 Å². The molecule has 0 heterocycles. The van der Waals surface area contributed by atoms with E-state index in [2.05, 4.69) is 6.58 Å². The second kappa shape index (κ2) is 7.53. The molecule has 0 fully saturated rings. The molecule has 0 radical (unpaired) electrons. The van der Waals surface area contributed by atoms with Crippen LogP contribution in [-0.2, 0) is 4.79 Å². The molecule has 1 unspecified atom stereocenters. The molecule has 0 aromatic carbocycles. The normalized spacial score (nSPS) is 12.2. The van der Waals surface area contributed by atoms with E-state index >= 15 is 0 Å². The minimum Gasteiger partial charge on any atom is -0.395 e. The van der Waals surface area contributed by atoms with Crippen LogP contribution in [0, 0.1) is 0 Å². The molecule has 82 valence electrons. The quantitative estimate of drug-likeness (QED) is 0.574. The van der Waals surface area contributed by atoms with Crippen LogP contribution in [0.4, 0.5) is 0 Å².